The molecule has 3 aromatic carbocycles. The summed E-state index contributed by atoms with van der Waals surface area (Å²) in [6.45, 7) is 4.32. The van der Waals surface area contributed by atoms with Crippen molar-refractivity contribution in [2.75, 3.05) is 6.61 Å². The van der Waals surface area contributed by atoms with Gasteiger partial charge in [0.05, 0.1) is 12.2 Å². The number of ether oxygens (including phenoxy) is 2. The first-order valence-electron chi connectivity index (χ1n) is 12.1. The van der Waals surface area contributed by atoms with Gasteiger partial charge in [0.1, 0.15) is 17.3 Å². The highest BCUT2D eigenvalue weighted by molar-refractivity contribution is 5.91. The van der Waals surface area contributed by atoms with Crippen LogP contribution in [0.2, 0.25) is 0 Å². The number of esters is 1. The molecule has 0 heterocycles. The maximum atomic E-state index is 15.0. The fraction of sp³-hybridized carbons (Fsp3) is 0.345. The van der Waals surface area contributed by atoms with E-state index in [1.807, 2.05) is 0 Å². The van der Waals surface area contributed by atoms with Crippen LogP contribution in [0.25, 0.3) is 11.1 Å². The molecule has 3 aromatic rings. The normalized spacial score (nSPS) is 17.7. The van der Waals surface area contributed by atoms with Gasteiger partial charge in [-0.3, -0.25) is 0 Å². The van der Waals surface area contributed by atoms with Crippen LogP contribution < -0.4 is 9.47 Å². The van der Waals surface area contributed by atoms with Crippen LogP contribution in [0.4, 0.5) is 13.2 Å². The Hall–Kier alpha value is -3.28. The van der Waals surface area contributed by atoms with Gasteiger partial charge in [0.15, 0.2) is 11.6 Å². The minimum Gasteiger partial charge on any atom is -0.494 e. The van der Waals surface area contributed by atoms with E-state index in [1.165, 1.54) is 24.3 Å². The van der Waals surface area contributed by atoms with E-state index in [4.69, 9.17) is 9.47 Å². The summed E-state index contributed by atoms with van der Waals surface area (Å²) in [4.78, 5) is 12.4. The second kappa shape index (κ2) is 11.0. The fourth-order valence-electron chi connectivity index (χ4n) is 4.77. The fourth-order valence-corrected chi connectivity index (χ4v) is 4.77. The standard InChI is InChI=1S/C29H29F3O3/c1-3-18-5-7-19(8-6-18)23-15-16-24(28(32)27(23)31)20-9-11-21(12-10-20)35-29(33)25-14-13-22(34-4-2)17-26(25)30/h9-19H,3-8H2,1-2H3. The van der Waals surface area contributed by atoms with Crippen LogP contribution in [0.3, 0.4) is 0 Å². The number of carbonyl (C=O) groups is 1. The Morgan fingerprint density at radius 1 is 0.857 bits per heavy atom. The number of benzene rings is 3. The molecule has 1 aliphatic rings. The molecule has 184 valence electrons. The summed E-state index contributed by atoms with van der Waals surface area (Å²) in [5.41, 5.74) is 0.816. The van der Waals surface area contributed by atoms with Gasteiger partial charge in [-0.2, -0.15) is 0 Å². The van der Waals surface area contributed by atoms with Crippen molar-refractivity contribution < 1.29 is 27.4 Å². The van der Waals surface area contributed by atoms with Crippen molar-refractivity contribution in [3.63, 3.8) is 0 Å². The van der Waals surface area contributed by atoms with Gasteiger partial charge in [-0.25, -0.2) is 18.0 Å². The molecule has 0 saturated heterocycles. The molecule has 0 bridgehead atoms. The molecule has 0 spiro atoms. The molecule has 0 amide bonds. The molecule has 0 aromatic heterocycles. The Kier molecular flexibility index (Phi) is 7.79. The summed E-state index contributed by atoms with van der Waals surface area (Å²) in [5.74, 6) is -2.07. The number of halogens is 3. The van der Waals surface area contributed by atoms with Crippen molar-refractivity contribution in [3.05, 3.63) is 83.2 Å². The van der Waals surface area contributed by atoms with Crippen molar-refractivity contribution in [1.29, 1.82) is 0 Å². The van der Waals surface area contributed by atoms with Gasteiger partial charge >= 0.3 is 5.97 Å². The van der Waals surface area contributed by atoms with Crippen molar-refractivity contribution in [1.82, 2.24) is 0 Å². The van der Waals surface area contributed by atoms with Gasteiger partial charge < -0.3 is 9.47 Å². The molecular formula is C29H29F3O3. The summed E-state index contributed by atoms with van der Waals surface area (Å²) in [7, 11) is 0. The smallest absolute Gasteiger partial charge is 0.346 e. The Balaban J connectivity index is 1.47. The quantitative estimate of drug-likeness (QED) is 0.252. The zero-order valence-corrected chi connectivity index (χ0v) is 20.0. The number of rotatable bonds is 7. The molecular weight excluding hydrogens is 453 g/mol. The van der Waals surface area contributed by atoms with Crippen LogP contribution in [-0.4, -0.2) is 12.6 Å². The highest BCUT2D eigenvalue weighted by atomic mass is 19.2. The van der Waals surface area contributed by atoms with Gasteiger partial charge in [-0.1, -0.05) is 37.6 Å². The van der Waals surface area contributed by atoms with E-state index in [0.29, 0.717) is 29.4 Å². The van der Waals surface area contributed by atoms with E-state index in [1.54, 1.807) is 31.2 Å². The molecule has 3 nitrogen and oxygen atoms in total. The van der Waals surface area contributed by atoms with E-state index < -0.39 is 23.4 Å². The van der Waals surface area contributed by atoms with Gasteiger partial charge in [0, 0.05) is 11.6 Å². The van der Waals surface area contributed by atoms with Gasteiger partial charge in [0.25, 0.3) is 0 Å². The molecule has 0 aliphatic heterocycles. The Morgan fingerprint density at radius 2 is 1.54 bits per heavy atom. The van der Waals surface area contributed by atoms with Crippen molar-refractivity contribution in [2.24, 2.45) is 5.92 Å². The minimum atomic E-state index is -0.874. The lowest BCUT2D eigenvalue weighted by Crippen LogP contribution is -2.14. The van der Waals surface area contributed by atoms with Crippen LogP contribution in [-0.2, 0) is 0 Å². The molecule has 35 heavy (non-hydrogen) atoms. The molecule has 0 radical (unpaired) electrons. The average Bonchev–Trinajstić information content (AvgIpc) is 2.86. The predicted molar refractivity (Wildman–Crippen MR) is 129 cm³/mol. The topological polar surface area (TPSA) is 35.5 Å². The van der Waals surface area contributed by atoms with Crippen LogP contribution in [0.15, 0.2) is 54.6 Å². The van der Waals surface area contributed by atoms with E-state index in [-0.39, 0.29) is 22.8 Å². The summed E-state index contributed by atoms with van der Waals surface area (Å²) in [6, 6.07) is 13.2. The predicted octanol–water partition coefficient (Wildman–Crippen LogP) is 8.07. The Labute approximate surface area is 203 Å². The zero-order valence-electron chi connectivity index (χ0n) is 20.0. The highest BCUT2D eigenvalue weighted by Gasteiger charge is 2.26. The average molecular weight is 483 g/mol. The van der Waals surface area contributed by atoms with Crippen LogP contribution in [0, 0.1) is 23.4 Å². The van der Waals surface area contributed by atoms with Crippen molar-refractivity contribution in [2.45, 2.75) is 51.9 Å². The molecule has 0 N–H and O–H groups in total. The van der Waals surface area contributed by atoms with E-state index in [0.717, 1.165) is 38.2 Å². The van der Waals surface area contributed by atoms with E-state index >= 15 is 0 Å². The molecule has 1 fully saturated rings. The lowest BCUT2D eigenvalue weighted by atomic mass is 9.77. The summed E-state index contributed by atoms with van der Waals surface area (Å²) < 4.78 is 54.7. The maximum absolute atomic E-state index is 15.0. The third-order valence-electron chi connectivity index (χ3n) is 6.82. The summed E-state index contributed by atoms with van der Waals surface area (Å²) in [5, 5.41) is 0. The number of hydrogen-bond donors (Lipinski definition) is 0. The van der Waals surface area contributed by atoms with E-state index in [2.05, 4.69) is 6.92 Å². The van der Waals surface area contributed by atoms with Gasteiger partial charge in [-0.05, 0) is 79.8 Å². The van der Waals surface area contributed by atoms with Crippen LogP contribution in [0.1, 0.15) is 67.8 Å². The number of carbonyl (C=O) groups excluding carboxylic acids is 1. The molecule has 1 saturated carbocycles. The zero-order chi connectivity index (χ0) is 24.9. The third-order valence-corrected chi connectivity index (χ3v) is 6.82. The lowest BCUT2D eigenvalue weighted by molar-refractivity contribution is 0.0730. The first-order chi connectivity index (χ1) is 16.9. The van der Waals surface area contributed by atoms with Crippen molar-refractivity contribution in [3.8, 4) is 22.6 Å². The lowest BCUT2D eigenvalue weighted by Gasteiger charge is -2.28. The third kappa shape index (κ3) is 5.53. The number of hydrogen-bond acceptors (Lipinski definition) is 3. The van der Waals surface area contributed by atoms with Crippen LogP contribution in [0.5, 0.6) is 11.5 Å². The summed E-state index contributed by atoms with van der Waals surface area (Å²) in [6.07, 6.45) is 4.98. The SMILES string of the molecule is CCOc1ccc(C(=O)Oc2ccc(-c3ccc(C4CCC(CC)CC4)c(F)c3F)cc2)c(F)c1. The molecule has 0 unspecified atom stereocenters. The first-order valence-corrected chi connectivity index (χ1v) is 12.1. The molecule has 4 rings (SSSR count). The van der Waals surface area contributed by atoms with Crippen molar-refractivity contribution >= 4 is 5.97 Å². The Bertz CT molecular complexity index is 1180. The highest BCUT2D eigenvalue weighted by Crippen LogP contribution is 2.39. The van der Waals surface area contributed by atoms with E-state index in [9.17, 15) is 18.0 Å². The second-order valence-corrected chi connectivity index (χ2v) is 8.94. The van der Waals surface area contributed by atoms with Gasteiger partial charge in [0.2, 0.25) is 0 Å². The molecule has 6 heteroatoms. The maximum Gasteiger partial charge on any atom is 0.346 e. The molecule has 0 atom stereocenters. The Morgan fingerprint density at radius 3 is 2.17 bits per heavy atom. The second-order valence-electron chi connectivity index (χ2n) is 8.94. The monoisotopic (exact) mass is 482 g/mol. The largest absolute Gasteiger partial charge is 0.494 e. The summed E-state index contributed by atoms with van der Waals surface area (Å²) >= 11 is 0. The molecule has 1 aliphatic carbocycles. The first kappa shape index (κ1) is 24.8. The van der Waals surface area contributed by atoms with Gasteiger partial charge in [-0.15, -0.1) is 0 Å². The minimum absolute atomic E-state index is 0.0473. The van der Waals surface area contributed by atoms with Crippen LogP contribution >= 0.6 is 0 Å².